The van der Waals surface area contributed by atoms with Gasteiger partial charge in [-0.15, -0.1) is 0 Å². The van der Waals surface area contributed by atoms with Gasteiger partial charge in [0.05, 0.1) is 11.7 Å². The lowest BCUT2D eigenvalue weighted by Crippen LogP contribution is -1.94. The molecule has 2 heteroatoms. The van der Waals surface area contributed by atoms with Gasteiger partial charge in [-0.3, -0.25) is 4.98 Å². The zero-order valence-electron chi connectivity index (χ0n) is 8.83. The molecule has 0 N–H and O–H groups in total. The highest BCUT2D eigenvalue weighted by Crippen LogP contribution is 2.21. The van der Waals surface area contributed by atoms with Crippen molar-refractivity contribution in [3.05, 3.63) is 41.8 Å². The zero-order valence-corrected chi connectivity index (χ0v) is 8.83. The molecule has 0 radical (unpaired) electrons. The Bertz CT molecular complexity index is 465. The highest BCUT2D eigenvalue weighted by atomic mass is 19.1. The molecule has 0 saturated heterocycles. The topological polar surface area (TPSA) is 12.9 Å². The van der Waals surface area contributed by atoms with Crippen LogP contribution in [0.15, 0.2) is 30.5 Å². The fraction of sp³-hybridized carbons (Fsp3) is 0.308. The Morgan fingerprint density at radius 2 is 2.07 bits per heavy atom. The molecular formula is C13H14FN. The molecule has 0 fully saturated rings. The largest absolute Gasteiger partial charge is 0.253 e. The second-order valence-electron chi connectivity index (χ2n) is 3.71. The molecule has 1 aromatic carbocycles. The number of para-hydroxylation sites is 1. The summed E-state index contributed by atoms with van der Waals surface area (Å²) >= 11 is 0. The number of unbranched alkanes of at least 4 members (excludes halogenated alkanes) is 1. The molecule has 0 spiro atoms. The predicted molar refractivity (Wildman–Crippen MR) is 60.3 cm³/mol. The van der Waals surface area contributed by atoms with Crippen molar-refractivity contribution in [1.29, 1.82) is 0 Å². The SMILES string of the molecule is CCCCc1c(F)cnc2ccccc12. The fourth-order valence-electron chi connectivity index (χ4n) is 1.78. The van der Waals surface area contributed by atoms with E-state index in [1.54, 1.807) is 0 Å². The summed E-state index contributed by atoms with van der Waals surface area (Å²) in [5.41, 5.74) is 1.69. The normalized spacial score (nSPS) is 10.8. The molecule has 15 heavy (non-hydrogen) atoms. The van der Waals surface area contributed by atoms with Crippen LogP contribution in [0.2, 0.25) is 0 Å². The quantitative estimate of drug-likeness (QED) is 0.741. The van der Waals surface area contributed by atoms with Gasteiger partial charge in [-0.2, -0.15) is 0 Å². The third-order valence-corrected chi connectivity index (χ3v) is 2.61. The van der Waals surface area contributed by atoms with Crippen LogP contribution in [0, 0.1) is 5.82 Å². The molecule has 1 nitrogen and oxygen atoms in total. The van der Waals surface area contributed by atoms with Crippen LogP contribution in [-0.4, -0.2) is 4.98 Å². The van der Waals surface area contributed by atoms with Crippen LogP contribution in [-0.2, 0) is 6.42 Å². The third kappa shape index (κ3) is 1.99. The van der Waals surface area contributed by atoms with E-state index < -0.39 is 0 Å². The molecular weight excluding hydrogens is 189 g/mol. The molecule has 2 aromatic rings. The summed E-state index contributed by atoms with van der Waals surface area (Å²) < 4.78 is 13.6. The minimum Gasteiger partial charge on any atom is -0.253 e. The maximum Gasteiger partial charge on any atom is 0.145 e. The van der Waals surface area contributed by atoms with Crippen LogP contribution >= 0.6 is 0 Å². The number of rotatable bonds is 3. The number of pyridine rings is 1. The van der Waals surface area contributed by atoms with E-state index in [4.69, 9.17) is 0 Å². The Morgan fingerprint density at radius 1 is 1.27 bits per heavy atom. The minimum absolute atomic E-state index is 0.179. The predicted octanol–water partition coefficient (Wildman–Crippen LogP) is 3.72. The van der Waals surface area contributed by atoms with E-state index in [2.05, 4.69) is 11.9 Å². The minimum atomic E-state index is -0.179. The van der Waals surface area contributed by atoms with Crippen LogP contribution in [0.5, 0.6) is 0 Å². The average Bonchev–Trinajstić information content (AvgIpc) is 2.28. The highest BCUT2D eigenvalue weighted by molar-refractivity contribution is 5.82. The van der Waals surface area contributed by atoms with Gasteiger partial charge < -0.3 is 0 Å². The second kappa shape index (κ2) is 4.39. The summed E-state index contributed by atoms with van der Waals surface area (Å²) in [6.45, 7) is 2.11. The molecule has 0 amide bonds. The van der Waals surface area contributed by atoms with Crippen molar-refractivity contribution < 1.29 is 4.39 Å². The average molecular weight is 203 g/mol. The fourth-order valence-corrected chi connectivity index (χ4v) is 1.78. The maximum absolute atomic E-state index is 13.6. The summed E-state index contributed by atoms with van der Waals surface area (Å²) in [5, 5.41) is 0.950. The summed E-state index contributed by atoms with van der Waals surface area (Å²) in [4.78, 5) is 4.07. The standard InChI is InChI=1S/C13H14FN/c1-2-3-6-10-11-7-4-5-8-13(11)15-9-12(10)14/h4-5,7-9H,2-3,6H2,1H3. The van der Waals surface area contributed by atoms with Crippen molar-refractivity contribution in [2.45, 2.75) is 26.2 Å². The van der Waals surface area contributed by atoms with Gasteiger partial charge in [0.15, 0.2) is 0 Å². The van der Waals surface area contributed by atoms with Crippen molar-refractivity contribution in [2.24, 2.45) is 0 Å². The van der Waals surface area contributed by atoms with E-state index in [1.807, 2.05) is 24.3 Å². The van der Waals surface area contributed by atoms with Gasteiger partial charge in [0.1, 0.15) is 5.82 Å². The van der Waals surface area contributed by atoms with Crippen molar-refractivity contribution in [3.8, 4) is 0 Å². The first-order valence-electron chi connectivity index (χ1n) is 5.35. The summed E-state index contributed by atoms with van der Waals surface area (Å²) in [6.07, 6.45) is 4.22. The molecule has 0 aliphatic carbocycles. The van der Waals surface area contributed by atoms with Crippen LogP contribution < -0.4 is 0 Å². The summed E-state index contributed by atoms with van der Waals surface area (Å²) in [6, 6.07) is 7.72. The number of hydrogen-bond acceptors (Lipinski definition) is 1. The van der Waals surface area contributed by atoms with Crippen molar-refractivity contribution >= 4 is 10.9 Å². The Hall–Kier alpha value is -1.44. The van der Waals surface area contributed by atoms with Crippen LogP contribution in [0.1, 0.15) is 25.3 Å². The summed E-state index contributed by atoms with van der Waals surface area (Å²) in [5.74, 6) is -0.179. The number of aryl methyl sites for hydroxylation is 1. The second-order valence-corrected chi connectivity index (χ2v) is 3.71. The van der Waals surface area contributed by atoms with Gasteiger partial charge in [-0.05, 0) is 24.5 Å². The lowest BCUT2D eigenvalue weighted by molar-refractivity contribution is 0.601. The van der Waals surface area contributed by atoms with Gasteiger partial charge in [-0.25, -0.2) is 4.39 Å². The van der Waals surface area contributed by atoms with Crippen molar-refractivity contribution in [2.75, 3.05) is 0 Å². The molecule has 1 aromatic heterocycles. The van der Waals surface area contributed by atoms with E-state index in [9.17, 15) is 4.39 Å². The molecule has 0 bridgehead atoms. The first kappa shape index (κ1) is 10.1. The van der Waals surface area contributed by atoms with E-state index in [1.165, 1.54) is 6.20 Å². The molecule has 0 saturated carbocycles. The van der Waals surface area contributed by atoms with E-state index in [0.717, 1.165) is 35.7 Å². The molecule has 0 aliphatic rings. The maximum atomic E-state index is 13.6. The van der Waals surface area contributed by atoms with Crippen molar-refractivity contribution in [3.63, 3.8) is 0 Å². The lowest BCUT2D eigenvalue weighted by atomic mass is 10.0. The number of benzene rings is 1. The monoisotopic (exact) mass is 203 g/mol. The van der Waals surface area contributed by atoms with E-state index in [0.29, 0.717) is 0 Å². The number of aromatic nitrogens is 1. The lowest BCUT2D eigenvalue weighted by Gasteiger charge is -2.06. The number of hydrogen-bond donors (Lipinski definition) is 0. The molecule has 0 atom stereocenters. The van der Waals surface area contributed by atoms with Crippen LogP contribution in [0.25, 0.3) is 10.9 Å². The number of halogens is 1. The number of nitrogens with zero attached hydrogens (tertiary/aromatic N) is 1. The van der Waals surface area contributed by atoms with Gasteiger partial charge in [0.2, 0.25) is 0 Å². The molecule has 0 aliphatic heterocycles. The van der Waals surface area contributed by atoms with Gasteiger partial charge >= 0.3 is 0 Å². The van der Waals surface area contributed by atoms with Gasteiger partial charge in [0.25, 0.3) is 0 Å². The third-order valence-electron chi connectivity index (χ3n) is 2.61. The van der Waals surface area contributed by atoms with Crippen molar-refractivity contribution in [1.82, 2.24) is 4.98 Å². The first-order valence-corrected chi connectivity index (χ1v) is 5.35. The zero-order chi connectivity index (χ0) is 10.7. The molecule has 78 valence electrons. The Labute approximate surface area is 89.0 Å². The van der Waals surface area contributed by atoms with E-state index in [-0.39, 0.29) is 5.82 Å². The molecule has 2 rings (SSSR count). The Morgan fingerprint density at radius 3 is 2.87 bits per heavy atom. The Kier molecular flexibility index (Phi) is 2.95. The Balaban J connectivity index is 2.53. The van der Waals surface area contributed by atoms with Gasteiger partial charge in [-0.1, -0.05) is 31.5 Å². The molecule has 0 unspecified atom stereocenters. The smallest absolute Gasteiger partial charge is 0.145 e. The molecule has 1 heterocycles. The highest BCUT2D eigenvalue weighted by Gasteiger charge is 2.07. The van der Waals surface area contributed by atoms with E-state index >= 15 is 0 Å². The van der Waals surface area contributed by atoms with Gasteiger partial charge in [0, 0.05) is 5.39 Å². The number of fused-ring (bicyclic) bond motifs is 1. The first-order chi connectivity index (χ1) is 7.33. The van der Waals surface area contributed by atoms with Crippen LogP contribution in [0.4, 0.5) is 4.39 Å². The van der Waals surface area contributed by atoms with Crippen LogP contribution in [0.3, 0.4) is 0 Å². The summed E-state index contributed by atoms with van der Waals surface area (Å²) in [7, 11) is 0.